The van der Waals surface area contributed by atoms with E-state index in [0.717, 1.165) is 20.9 Å². The van der Waals surface area contributed by atoms with Crippen molar-refractivity contribution in [3.8, 4) is 0 Å². The van der Waals surface area contributed by atoms with Gasteiger partial charge in [-0.05, 0) is 23.8 Å². The number of aromatic nitrogens is 1. The number of benzene rings is 2. The largest absolute Gasteiger partial charge is 0.360 e. The highest BCUT2D eigenvalue weighted by Gasteiger charge is 2.19. The summed E-state index contributed by atoms with van der Waals surface area (Å²) in [5, 5.41) is 3.41. The van der Waals surface area contributed by atoms with Gasteiger partial charge >= 0.3 is 0 Å². The van der Waals surface area contributed by atoms with Gasteiger partial charge in [0.2, 0.25) is 0 Å². The third kappa shape index (κ3) is 2.94. The Labute approximate surface area is 135 Å². The van der Waals surface area contributed by atoms with E-state index in [-0.39, 0.29) is 0 Å². The summed E-state index contributed by atoms with van der Waals surface area (Å²) >= 11 is 3.35. The second-order valence-corrected chi connectivity index (χ2v) is 5.80. The lowest BCUT2D eigenvalue weighted by Gasteiger charge is -2.04. The van der Waals surface area contributed by atoms with E-state index in [1.807, 2.05) is 48.5 Å². The van der Waals surface area contributed by atoms with E-state index < -0.39 is 11.7 Å². The zero-order valence-corrected chi connectivity index (χ0v) is 13.2. The first-order valence-corrected chi connectivity index (χ1v) is 7.57. The quantitative estimate of drug-likeness (QED) is 0.555. The highest BCUT2D eigenvalue weighted by Crippen LogP contribution is 2.18. The van der Waals surface area contributed by atoms with Gasteiger partial charge in [-0.25, -0.2) is 0 Å². The van der Waals surface area contributed by atoms with Crippen LogP contribution in [0.1, 0.15) is 15.9 Å². The first-order chi connectivity index (χ1) is 10.6. The van der Waals surface area contributed by atoms with Gasteiger partial charge in [-0.3, -0.25) is 9.59 Å². The molecule has 2 N–H and O–H groups in total. The number of carbonyl (C=O) groups is 2. The van der Waals surface area contributed by atoms with E-state index in [2.05, 4.69) is 26.2 Å². The number of rotatable bonds is 4. The highest BCUT2D eigenvalue weighted by molar-refractivity contribution is 9.10. The predicted molar refractivity (Wildman–Crippen MR) is 88.6 cm³/mol. The molecule has 0 spiro atoms. The number of carbonyl (C=O) groups excluding carboxylic acids is 2. The molecular weight excluding hydrogens is 344 g/mol. The molecule has 110 valence electrons. The minimum atomic E-state index is -0.604. The molecular formula is C17H13BrN2O2. The van der Waals surface area contributed by atoms with Gasteiger partial charge in [0.25, 0.3) is 11.7 Å². The van der Waals surface area contributed by atoms with Crippen LogP contribution in [0, 0.1) is 0 Å². The molecule has 1 amide bonds. The van der Waals surface area contributed by atoms with Crippen molar-refractivity contribution in [1.82, 2.24) is 10.3 Å². The molecule has 0 saturated heterocycles. The summed E-state index contributed by atoms with van der Waals surface area (Å²) in [4.78, 5) is 27.3. The van der Waals surface area contributed by atoms with Crippen molar-refractivity contribution >= 4 is 38.5 Å². The lowest BCUT2D eigenvalue weighted by Crippen LogP contribution is -2.30. The minimum Gasteiger partial charge on any atom is -0.360 e. The summed E-state index contributed by atoms with van der Waals surface area (Å²) in [6.07, 6.45) is 1.58. The number of hydrogen-bond acceptors (Lipinski definition) is 2. The molecule has 0 atom stereocenters. The minimum absolute atomic E-state index is 0.320. The van der Waals surface area contributed by atoms with Crippen molar-refractivity contribution in [2.24, 2.45) is 0 Å². The number of H-pyrrole nitrogens is 1. The van der Waals surface area contributed by atoms with Crippen LogP contribution in [0.5, 0.6) is 0 Å². The number of hydrogen-bond donors (Lipinski definition) is 2. The lowest BCUT2D eigenvalue weighted by molar-refractivity contribution is -0.117. The number of amides is 1. The van der Waals surface area contributed by atoms with Crippen LogP contribution in [0.2, 0.25) is 0 Å². The van der Waals surface area contributed by atoms with Gasteiger partial charge in [0.15, 0.2) is 0 Å². The molecule has 0 aliphatic carbocycles. The highest BCUT2D eigenvalue weighted by atomic mass is 79.9. The maximum absolute atomic E-state index is 12.3. The van der Waals surface area contributed by atoms with Crippen LogP contribution >= 0.6 is 15.9 Å². The van der Waals surface area contributed by atoms with Gasteiger partial charge in [-0.1, -0.05) is 46.3 Å². The summed E-state index contributed by atoms with van der Waals surface area (Å²) in [5.41, 5.74) is 2.17. The molecule has 1 heterocycles. The second kappa shape index (κ2) is 6.15. The van der Waals surface area contributed by atoms with E-state index >= 15 is 0 Å². The van der Waals surface area contributed by atoms with Crippen LogP contribution < -0.4 is 5.32 Å². The monoisotopic (exact) mass is 356 g/mol. The maximum Gasteiger partial charge on any atom is 0.292 e. The van der Waals surface area contributed by atoms with Gasteiger partial charge in [-0.2, -0.15) is 0 Å². The summed E-state index contributed by atoms with van der Waals surface area (Å²) in [6, 6.07) is 15.0. The Morgan fingerprint density at radius 1 is 1.05 bits per heavy atom. The fourth-order valence-electron chi connectivity index (χ4n) is 2.25. The molecule has 4 nitrogen and oxygen atoms in total. The number of para-hydroxylation sites is 1. The molecule has 3 rings (SSSR count). The van der Waals surface area contributed by atoms with Crippen LogP contribution in [0.3, 0.4) is 0 Å². The molecule has 0 saturated carbocycles. The summed E-state index contributed by atoms with van der Waals surface area (Å²) in [5.74, 6) is -1.14. The Hall–Kier alpha value is -2.40. The smallest absolute Gasteiger partial charge is 0.292 e. The topological polar surface area (TPSA) is 62.0 Å². The molecule has 3 aromatic rings. The van der Waals surface area contributed by atoms with Crippen LogP contribution in [-0.2, 0) is 11.3 Å². The molecule has 0 aliphatic heterocycles. The first kappa shape index (κ1) is 14.5. The number of halogens is 1. The van der Waals surface area contributed by atoms with Crippen LogP contribution in [0.15, 0.2) is 59.2 Å². The third-order valence-electron chi connectivity index (χ3n) is 3.41. The molecule has 0 unspecified atom stereocenters. The Balaban J connectivity index is 1.72. The Kier molecular flexibility index (Phi) is 4.06. The van der Waals surface area contributed by atoms with E-state index in [0.29, 0.717) is 12.1 Å². The first-order valence-electron chi connectivity index (χ1n) is 6.78. The molecule has 5 heteroatoms. The number of ketones is 1. The van der Waals surface area contributed by atoms with Crippen LogP contribution in [-0.4, -0.2) is 16.7 Å². The lowest BCUT2D eigenvalue weighted by atomic mass is 10.1. The van der Waals surface area contributed by atoms with Crippen molar-refractivity contribution in [2.75, 3.05) is 0 Å². The molecule has 0 aliphatic rings. The normalized spacial score (nSPS) is 10.6. The number of aromatic amines is 1. The SMILES string of the molecule is O=C(NCc1ccc(Br)cc1)C(=O)c1c[nH]c2ccccc12. The molecule has 1 aromatic heterocycles. The molecule has 2 aromatic carbocycles. The molecule has 0 radical (unpaired) electrons. The van der Waals surface area contributed by atoms with Gasteiger partial charge in [-0.15, -0.1) is 0 Å². The zero-order chi connectivity index (χ0) is 15.5. The fraction of sp³-hybridized carbons (Fsp3) is 0.0588. The Morgan fingerprint density at radius 3 is 2.55 bits per heavy atom. The summed E-state index contributed by atoms with van der Waals surface area (Å²) in [6.45, 7) is 0.320. The van der Waals surface area contributed by atoms with E-state index in [9.17, 15) is 9.59 Å². The number of nitrogens with one attached hydrogen (secondary N) is 2. The molecule has 22 heavy (non-hydrogen) atoms. The van der Waals surface area contributed by atoms with Crippen molar-refractivity contribution in [1.29, 1.82) is 0 Å². The van der Waals surface area contributed by atoms with Gasteiger partial charge in [0.1, 0.15) is 0 Å². The molecule has 0 bridgehead atoms. The van der Waals surface area contributed by atoms with Gasteiger partial charge in [0, 0.05) is 28.1 Å². The van der Waals surface area contributed by atoms with Gasteiger partial charge in [0.05, 0.1) is 5.56 Å². The van der Waals surface area contributed by atoms with Crippen molar-refractivity contribution in [3.05, 3.63) is 70.3 Å². The Morgan fingerprint density at radius 2 is 1.77 bits per heavy atom. The molecule has 0 fully saturated rings. The maximum atomic E-state index is 12.3. The van der Waals surface area contributed by atoms with Crippen molar-refractivity contribution < 1.29 is 9.59 Å². The van der Waals surface area contributed by atoms with Crippen molar-refractivity contribution in [3.63, 3.8) is 0 Å². The van der Waals surface area contributed by atoms with Crippen LogP contribution in [0.25, 0.3) is 10.9 Å². The van der Waals surface area contributed by atoms with E-state index in [4.69, 9.17) is 0 Å². The van der Waals surface area contributed by atoms with Gasteiger partial charge < -0.3 is 10.3 Å². The number of fused-ring (bicyclic) bond motifs is 1. The van der Waals surface area contributed by atoms with Crippen LogP contribution in [0.4, 0.5) is 0 Å². The second-order valence-electron chi connectivity index (χ2n) is 4.89. The van der Waals surface area contributed by atoms with E-state index in [1.54, 1.807) is 6.20 Å². The summed E-state index contributed by atoms with van der Waals surface area (Å²) in [7, 11) is 0. The average Bonchev–Trinajstić information content (AvgIpc) is 2.97. The predicted octanol–water partition coefficient (Wildman–Crippen LogP) is 3.43. The zero-order valence-electron chi connectivity index (χ0n) is 11.6. The third-order valence-corrected chi connectivity index (χ3v) is 3.94. The summed E-state index contributed by atoms with van der Waals surface area (Å²) < 4.78 is 0.970. The fourth-order valence-corrected chi connectivity index (χ4v) is 2.51. The Bertz CT molecular complexity index is 837. The van der Waals surface area contributed by atoms with Crippen molar-refractivity contribution in [2.45, 2.75) is 6.54 Å². The number of Topliss-reactive ketones (excluding diaryl/α,β-unsaturated/α-hetero) is 1. The standard InChI is InChI=1S/C17H13BrN2O2/c18-12-7-5-11(6-8-12)9-20-17(22)16(21)14-10-19-15-4-2-1-3-13(14)15/h1-8,10,19H,9H2,(H,20,22). The van der Waals surface area contributed by atoms with E-state index in [1.165, 1.54) is 0 Å². The average molecular weight is 357 g/mol.